The Morgan fingerprint density at radius 2 is 2.00 bits per heavy atom. The van der Waals surface area contributed by atoms with Crippen molar-refractivity contribution in [1.82, 2.24) is 15.0 Å². The van der Waals surface area contributed by atoms with Crippen molar-refractivity contribution < 1.29 is 0 Å². The lowest BCUT2D eigenvalue weighted by atomic mass is 10.2. The van der Waals surface area contributed by atoms with Crippen LogP contribution in [0.15, 0.2) is 24.9 Å². The van der Waals surface area contributed by atoms with Crippen LogP contribution in [-0.4, -0.2) is 15.0 Å². The van der Waals surface area contributed by atoms with Crippen molar-refractivity contribution in [2.75, 3.05) is 0 Å². The lowest BCUT2D eigenvalue weighted by molar-refractivity contribution is 1.10. The summed E-state index contributed by atoms with van der Waals surface area (Å²) in [5.74, 6) is 0. The van der Waals surface area contributed by atoms with E-state index in [0.29, 0.717) is 0 Å². The molecule has 0 aliphatic heterocycles. The van der Waals surface area contributed by atoms with E-state index >= 15 is 0 Å². The third-order valence-corrected chi connectivity index (χ3v) is 1.87. The highest BCUT2D eigenvalue weighted by atomic mass is 14.8. The van der Waals surface area contributed by atoms with Crippen molar-refractivity contribution >= 4 is 10.9 Å². The van der Waals surface area contributed by atoms with Crippen molar-refractivity contribution in [3.8, 4) is 0 Å². The lowest BCUT2D eigenvalue weighted by Crippen LogP contribution is -1.89. The second kappa shape index (κ2) is 2.85. The van der Waals surface area contributed by atoms with Crippen LogP contribution in [0.1, 0.15) is 12.5 Å². The van der Waals surface area contributed by atoms with Crippen LogP contribution in [0.5, 0.6) is 0 Å². The molecule has 0 aliphatic rings. The fraction of sp³-hybridized carbons (Fsp3) is 0.222. The van der Waals surface area contributed by atoms with Gasteiger partial charge in [0.05, 0.1) is 5.52 Å². The number of aromatic nitrogens is 3. The number of rotatable bonds is 1. The normalized spacial score (nSPS) is 10.4. The highest BCUT2D eigenvalue weighted by Crippen LogP contribution is 2.12. The van der Waals surface area contributed by atoms with Crippen molar-refractivity contribution in [3.63, 3.8) is 0 Å². The minimum atomic E-state index is 0.960. The highest BCUT2D eigenvalue weighted by molar-refractivity contribution is 5.79. The summed E-state index contributed by atoms with van der Waals surface area (Å²) >= 11 is 0. The molecule has 0 fully saturated rings. The molecule has 0 bridgehead atoms. The Morgan fingerprint density at radius 1 is 1.17 bits per heavy atom. The zero-order valence-electron chi connectivity index (χ0n) is 6.86. The zero-order chi connectivity index (χ0) is 8.39. The molecule has 2 rings (SSSR count). The molecular weight excluding hydrogens is 150 g/mol. The number of hydrogen-bond donors (Lipinski definition) is 0. The first-order valence-electron chi connectivity index (χ1n) is 3.94. The van der Waals surface area contributed by atoms with Gasteiger partial charge in [-0.1, -0.05) is 6.92 Å². The Labute approximate surface area is 70.5 Å². The SMILES string of the molecule is CCc1cncc2cncnc12. The molecule has 0 spiro atoms. The molecule has 60 valence electrons. The topological polar surface area (TPSA) is 38.7 Å². The van der Waals surface area contributed by atoms with Gasteiger partial charge < -0.3 is 0 Å². The van der Waals surface area contributed by atoms with Crippen molar-refractivity contribution in [2.24, 2.45) is 0 Å². The third kappa shape index (κ3) is 1.03. The van der Waals surface area contributed by atoms with E-state index in [4.69, 9.17) is 0 Å². The van der Waals surface area contributed by atoms with Gasteiger partial charge in [0.25, 0.3) is 0 Å². The second-order valence-electron chi connectivity index (χ2n) is 2.61. The molecule has 0 saturated heterocycles. The van der Waals surface area contributed by atoms with Gasteiger partial charge in [0.15, 0.2) is 0 Å². The molecule has 0 aliphatic carbocycles. The van der Waals surface area contributed by atoms with Gasteiger partial charge in [0.2, 0.25) is 0 Å². The summed E-state index contributed by atoms with van der Waals surface area (Å²) in [6.45, 7) is 2.10. The van der Waals surface area contributed by atoms with Crippen LogP contribution in [0, 0.1) is 0 Å². The Balaban J connectivity index is 2.79. The average molecular weight is 159 g/mol. The molecule has 0 aromatic carbocycles. The van der Waals surface area contributed by atoms with Crippen molar-refractivity contribution in [2.45, 2.75) is 13.3 Å². The molecular formula is C9H9N3. The van der Waals surface area contributed by atoms with Crippen molar-refractivity contribution in [3.05, 3.63) is 30.5 Å². The van der Waals surface area contributed by atoms with Gasteiger partial charge in [-0.3, -0.25) is 4.98 Å². The summed E-state index contributed by atoms with van der Waals surface area (Å²) < 4.78 is 0. The largest absolute Gasteiger partial charge is 0.264 e. The first kappa shape index (κ1) is 7.16. The summed E-state index contributed by atoms with van der Waals surface area (Å²) in [7, 11) is 0. The maximum Gasteiger partial charge on any atom is 0.116 e. The Hall–Kier alpha value is -1.51. The fourth-order valence-corrected chi connectivity index (χ4v) is 1.23. The molecule has 0 amide bonds. The third-order valence-electron chi connectivity index (χ3n) is 1.87. The molecule has 3 nitrogen and oxygen atoms in total. The van der Waals surface area contributed by atoms with Gasteiger partial charge in [-0.2, -0.15) is 0 Å². The molecule has 0 saturated carbocycles. The monoisotopic (exact) mass is 159 g/mol. The first-order valence-corrected chi connectivity index (χ1v) is 3.94. The number of hydrogen-bond acceptors (Lipinski definition) is 3. The van der Waals surface area contributed by atoms with Gasteiger partial charge >= 0.3 is 0 Å². The van der Waals surface area contributed by atoms with Crippen LogP contribution in [0.25, 0.3) is 10.9 Å². The molecule has 0 radical (unpaired) electrons. The van der Waals surface area contributed by atoms with E-state index in [1.807, 2.05) is 6.20 Å². The maximum absolute atomic E-state index is 4.20. The summed E-state index contributed by atoms with van der Waals surface area (Å²) in [5.41, 5.74) is 2.19. The summed E-state index contributed by atoms with van der Waals surface area (Å²) in [6.07, 6.45) is 7.96. The number of pyridine rings is 1. The zero-order valence-corrected chi connectivity index (χ0v) is 6.86. The van der Waals surface area contributed by atoms with Crippen LogP contribution in [0.2, 0.25) is 0 Å². The number of aryl methyl sites for hydroxylation is 1. The Morgan fingerprint density at radius 3 is 2.83 bits per heavy atom. The van der Waals surface area contributed by atoms with E-state index < -0.39 is 0 Å². The fourth-order valence-electron chi connectivity index (χ4n) is 1.23. The first-order chi connectivity index (χ1) is 5.92. The van der Waals surface area contributed by atoms with Crippen molar-refractivity contribution in [1.29, 1.82) is 0 Å². The van der Waals surface area contributed by atoms with E-state index in [1.165, 1.54) is 5.56 Å². The van der Waals surface area contributed by atoms with Gasteiger partial charge in [0, 0.05) is 24.0 Å². The smallest absolute Gasteiger partial charge is 0.116 e. The summed E-state index contributed by atoms with van der Waals surface area (Å²) in [6, 6.07) is 0. The quantitative estimate of drug-likeness (QED) is 0.634. The molecule has 2 heterocycles. The van der Waals surface area contributed by atoms with Gasteiger partial charge in [-0.25, -0.2) is 9.97 Å². The maximum atomic E-state index is 4.20. The van der Waals surface area contributed by atoms with E-state index in [0.717, 1.165) is 17.3 Å². The summed E-state index contributed by atoms with van der Waals surface area (Å²) in [4.78, 5) is 12.2. The molecule has 2 aromatic heterocycles. The van der Waals surface area contributed by atoms with Gasteiger partial charge in [0.1, 0.15) is 6.33 Å². The molecule has 0 atom stereocenters. The van der Waals surface area contributed by atoms with E-state index in [1.54, 1.807) is 18.7 Å². The Kier molecular flexibility index (Phi) is 1.70. The van der Waals surface area contributed by atoms with E-state index in [-0.39, 0.29) is 0 Å². The van der Waals surface area contributed by atoms with Crippen LogP contribution in [-0.2, 0) is 6.42 Å². The summed E-state index contributed by atoms with van der Waals surface area (Å²) in [5, 5.41) is 1.01. The number of fused-ring (bicyclic) bond motifs is 1. The minimum absolute atomic E-state index is 0.960. The molecule has 0 N–H and O–H groups in total. The minimum Gasteiger partial charge on any atom is -0.264 e. The molecule has 2 aromatic rings. The standard InChI is InChI=1S/C9H9N3/c1-2-7-3-10-4-8-5-11-6-12-9(7)8/h3-6H,2H2,1H3. The van der Waals surface area contributed by atoms with Gasteiger partial charge in [-0.05, 0) is 12.0 Å². The Bertz CT molecular complexity index is 392. The lowest BCUT2D eigenvalue weighted by Gasteiger charge is -1.99. The van der Waals surface area contributed by atoms with E-state index in [9.17, 15) is 0 Å². The average Bonchev–Trinajstić information content (AvgIpc) is 2.17. The van der Waals surface area contributed by atoms with E-state index in [2.05, 4.69) is 21.9 Å². The van der Waals surface area contributed by atoms with Crippen LogP contribution < -0.4 is 0 Å². The van der Waals surface area contributed by atoms with Crippen LogP contribution in [0.3, 0.4) is 0 Å². The molecule has 12 heavy (non-hydrogen) atoms. The predicted octanol–water partition coefficient (Wildman–Crippen LogP) is 1.59. The highest BCUT2D eigenvalue weighted by Gasteiger charge is 1.98. The predicted molar refractivity (Wildman–Crippen MR) is 46.7 cm³/mol. The van der Waals surface area contributed by atoms with Crippen LogP contribution in [0.4, 0.5) is 0 Å². The molecule has 3 heteroatoms. The van der Waals surface area contributed by atoms with Gasteiger partial charge in [-0.15, -0.1) is 0 Å². The van der Waals surface area contributed by atoms with Crippen LogP contribution >= 0.6 is 0 Å². The second-order valence-corrected chi connectivity index (χ2v) is 2.61. The number of nitrogens with zero attached hydrogens (tertiary/aromatic N) is 3. The molecule has 0 unspecified atom stereocenters.